The number of nitrogens with zero attached hydrogens (tertiary/aromatic N) is 4. The number of fused-ring (bicyclic) bond motifs is 2. The van der Waals surface area contributed by atoms with Gasteiger partial charge in [0.15, 0.2) is 5.75 Å². The number of rotatable bonds is 7. The van der Waals surface area contributed by atoms with E-state index in [9.17, 15) is 18.0 Å². The van der Waals surface area contributed by atoms with Gasteiger partial charge in [-0.15, -0.1) is 0 Å². The molecule has 0 unspecified atom stereocenters. The molecule has 1 N–H and O–H groups in total. The normalized spacial score (nSPS) is 24.1. The van der Waals surface area contributed by atoms with Gasteiger partial charge in [-0.3, -0.25) is 9.59 Å². The molecule has 2 aromatic carbocycles. The number of anilines is 1. The molecule has 0 bridgehead atoms. The molecule has 12 heteroatoms. The first kappa shape index (κ1) is 28.9. The second-order valence-electron chi connectivity index (χ2n) is 11.8. The summed E-state index contributed by atoms with van der Waals surface area (Å²) in [5, 5.41) is 2.98. The van der Waals surface area contributed by atoms with Crippen molar-refractivity contribution in [3.05, 3.63) is 53.6 Å². The van der Waals surface area contributed by atoms with Gasteiger partial charge in [0.25, 0.3) is 16.1 Å². The molecule has 1 saturated carbocycles. The fourth-order valence-electron chi connectivity index (χ4n) is 5.96. The third-order valence-corrected chi connectivity index (χ3v) is 10.8. The number of amides is 2. The van der Waals surface area contributed by atoms with Gasteiger partial charge in [-0.25, -0.2) is 0 Å². The van der Waals surface area contributed by atoms with E-state index in [-0.39, 0.29) is 30.2 Å². The van der Waals surface area contributed by atoms with Crippen LogP contribution >= 0.6 is 0 Å². The number of likely N-dealkylation sites (N-methyl/N-ethyl adjacent to an activating group) is 1. The summed E-state index contributed by atoms with van der Waals surface area (Å²) in [4.78, 5) is 30.7. The molecular weight excluding hydrogens is 558 g/mol. The molecule has 2 saturated heterocycles. The van der Waals surface area contributed by atoms with Crippen molar-refractivity contribution in [2.24, 2.45) is 11.8 Å². The van der Waals surface area contributed by atoms with E-state index in [1.165, 1.54) is 4.31 Å². The Morgan fingerprint density at radius 1 is 0.976 bits per heavy atom. The number of methoxy groups -OCH3 is 1. The molecule has 3 fully saturated rings. The third kappa shape index (κ3) is 5.98. The van der Waals surface area contributed by atoms with E-state index < -0.39 is 16.3 Å². The summed E-state index contributed by atoms with van der Waals surface area (Å²) < 4.78 is 42.3. The van der Waals surface area contributed by atoms with Crippen LogP contribution in [-0.4, -0.2) is 105 Å². The molecular formula is C30H39N5O6S. The lowest BCUT2D eigenvalue weighted by molar-refractivity contribution is -0.117. The molecule has 1 aliphatic carbocycles. The predicted octanol–water partition coefficient (Wildman–Crippen LogP) is 2.26. The van der Waals surface area contributed by atoms with Crippen molar-refractivity contribution < 1.29 is 27.5 Å². The van der Waals surface area contributed by atoms with Gasteiger partial charge >= 0.3 is 0 Å². The van der Waals surface area contributed by atoms with Crippen LogP contribution in [0.4, 0.5) is 5.69 Å². The largest absolute Gasteiger partial charge is 0.497 e. The topological polar surface area (TPSA) is 112 Å². The van der Waals surface area contributed by atoms with Gasteiger partial charge in [-0.05, 0) is 56.1 Å². The van der Waals surface area contributed by atoms with E-state index in [1.807, 2.05) is 36.2 Å². The Labute approximate surface area is 247 Å². The number of hydrogen-bond donors (Lipinski definition) is 1. The van der Waals surface area contributed by atoms with Gasteiger partial charge in [-0.1, -0.05) is 18.2 Å². The molecule has 0 radical (unpaired) electrons. The first-order chi connectivity index (χ1) is 20.2. The van der Waals surface area contributed by atoms with Crippen LogP contribution in [0, 0.1) is 11.8 Å². The summed E-state index contributed by atoms with van der Waals surface area (Å²) in [6.45, 7) is 3.63. The first-order valence-corrected chi connectivity index (χ1v) is 16.1. The Hall–Kier alpha value is -3.19. The summed E-state index contributed by atoms with van der Waals surface area (Å²) in [6, 6.07) is 12.8. The minimum absolute atomic E-state index is 0.0247. The summed E-state index contributed by atoms with van der Waals surface area (Å²) in [5.41, 5.74) is 1.76. The van der Waals surface area contributed by atoms with Crippen LogP contribution in [0.15, 0.2) is 42.5 Å². The number of piperazine rings is 1. The molecule has 6 rings (SSSR count). The second kappa shape index (κ2) is 11.8. The van der Waals surface area contributed by atoms with Crippen molar-refractivity contribution in [3.63, 3.8) is 0 Å². The quantitative estimate of drug-likeness (QED) is 0.521. The number of carbonyl (C=O) groups is 2. The zero-order valence-corrected chi connectivity index (χ0v) is 25.0. The standard InChI is InChI=1S/C30H39N5O6S/c1-32-14-16-34(17-15-32)42(38,39)35-13-12-23-19-33(18-21-6-10-24(40-2)11-7-21)30(37)25-4-3-5-26(28(25)41-27(23)20-35)31-29(36)22-8-9-22/h3-7,10-11,22-23,27H,8-9,12-20H2,1-2H3,(H,31,36)/t23-,27-/m0/s1. The van der Waals surface area contributed by atoms with Crippen molar-refractivity contribution >= 4 is 27.7 Å². The Morgan fingerprint density at radius 3 is 2.40 bits per heavy atom. The van der Waals surface area contributed by atoms with Crippen LogP contribution in [0.25, 0.3) is 0 Å². The molecule has 2 atom stereocenters. The van der Waals surface area contributed by atoms with Gasteiger partial charge in [0.1, 0.15) is 11.9 Å². The van der Waals surface area contributed by atoms with Crippen molar-refractivity contribution in [3.8, 4) is 11.5 Å². The zero-order valence-electron chi connectivity index (χ0n) is 24.2. The van der Waals surface area contributed by atoms with Gasteiger partial charge in [0.2, 0.25) is 5.91 Å². The Kier molecular flexibility index (Phi) is 8.14. The SMILES string of the molecule is COc1ccc(CN2C[C@@H]3CCN(S(=O)(=O)N4CCN(C)CC4)C[C@@H]3Oc3c(NC(=O)C4CC4)cccc3C2=O)cc1. The maximum Gasteiger partial charge on any atom is 0.282 e. The van der Waals surface area contributed by atoms with Gasteiger partial charge < -0.3 is 24.6 Å². The average Bonchev–Trinajstić information content (AvgIpc) is 3.84. The second-order valence-corrected chi connectivity index (χ2v) is 13.7. The number of para-hydroxylation sites is 1. The summed E-state index contributed by atoms with van der Waals surface area (Å²) in [6.07, 6.45) is 1.75. The van der Waals surface area contributed by atoms with Crippen LogP contribution in [0.5, 0.6) is 11.5 Å². The summed E-state index contributed by atoms with van der Waals surface area (Å²) in [5.74, 6) is 0.659. The van der Waals surface area contributed by atoms with Crippen LogP contribution in [0.1, 0.15) is 35.2 Å². The predicted molar refractivity (Wildman–Crippen MR) is 158 cm³/mol. The highest BCUT2D eigenvalue weighted by Gasteiger charge is 2.43. The monoisotopic (exact) mass is 597 g/mol. The van der Waals surface area contributed by atoms with Gasteiger partial charge in [-0.2, -0.15) is 17.0 Å². The molecule has 11 nitrogen and oxygen atoms in total. The van der Waals surface area contributed by atoms with Crippen LogP contribution in [-0.2, 0) is 21.5 Å². The first-order valence-electron chi connectivity index (χ1n) is 14.7. The average molecular weight is 598 g/mol. The summed E-state index contributed by atoms with van der Waals surface area (Å²) >= 11 is 0. The summed E-state index contributed by atoms with van der Waals surface area (Å²) in [7, 11) is -0.0625. The van der Waals surface area contributed by atoms with E-state index in [0.29, 0.717) is 69.2 Å². The van der Waals surface area contributed by atoms with Crippen molar-refractivity contribution in [2.75, 3.05) is 65.3 Å². The molecule has 4 aliphatic rings. The van der Waals surface area contributed by atoms with Crippen LogP contribution in [0.3, 0.4) is 0 Å². The van der Waals surface area contributed by atoms with E-state index >= 15 is 0 Å². The molecule has 0 spiro atoms. The highest BCUT2D eigenvalue weighted by Crippen LogP contribution is 2.39. The molecule has 226 valence electrons. The maximum absolute atomic E-state index is 14.0. The van der Waals surface area contributed by atoms with Crippen molar-refractivity contribution in [1.82, 2.24) is 18.4 Å². The van der Waals surface area contributed by atoms with E-state index in [2.05, 4.69) is 10.2 Å². The highest BCUT2D eigenvalue weighted by atomic mass is 32.2. The number of benzene rings is 2. The smallest absolute Gasteiger partial charge is 0.282 e. The van der Waals surface area contributed by atoms with E-state index in [0.717, 1.165) is 24.2 Å². The fraction of sp³-hybridized carbons (Fsp3) is 0.533. The number of ether oxygens (including phenoxy) is 2. The number of piperidine rings is 1. The fourth-order valence-corrected chi connectivity index (χ4v) is 7.58. The molecule has 0 aromatic heterocycles. The van der Waals surface area contributed by atoms with Crippen LogP contribution < -0.4 is 14.8 Å². The minimum Gasteiger partial charge on any atom is -0.497 e. The lowest BCUT2D eigenvalue weighted by Gasteiger charge is -2.43. The molecule has 42 heavy (non-hydrogen) atoms. The number of nitrogens with one attached hydrogen (secondary N) is 1. The lowest BCUT2D eigenvalue weighted by atomic mass is 9.92. The van der Waals surface area contributed by atoms with E-state index in [1.54, 1.807) is 29.6 Å². The Balaban J connectivity index is 1.31. The van der Waals surface area contributed by atoms with Gasteiger partial charge in [0, 0.05) is 57.6 Å². The zero-order chi connectivity index (χ0) is 29.4. The molecule has 3 heterocycles. The van der Waals surface area contributed by atoms with Crippen molar-refractivity contribution in [1.29, 1.82) is 0 Å². The van der Waals surface area contributed by atoms with Crippen LogP contribution in [0.2, 0.25) is 0 Å². The van der Waals surface area contributed by atoms with Crippen molar-refractivity contribution in [2.45, 2.75) is 31.9 Å². The minimum atomic E-state index is -3.67. The molecule has 2 aromatic rings. The third-order valence-electron chi connectivity index (χ3n) is 8.77. The van der Waals surface area contributed by atoms with Gasteiger partial charge in [0.05, 0.1) is 24.9 Å². The highest BCUT2D eigenvalue weighted by molar-refractivity contribution is 7.86. The Morgan fingerprint density at radius 2 is 1.71 bits per heavy atom. The molecule has 2 amide bonds. The maximum atomic E-state index is 14.0. The number of carbonyl (C=O) groups excluding carboxylic acids is 2. The van der Waals surface area contributed by atoms with E-state index in [4.69, 9.17) is 9.47 Å². The number of hydrogen-bond acceptors (Lipinski definition) is 7. The Bertz CT molecular complexity index is 1420. The lowest BCUT2D eigenvalue weighted by Crippen LogP contribution is -2.58. The molecule has 3 aliphatic heterocycles.